The number of carbonyl (C=O) groups is 2. The highest BCUT2D eigenvalue weighted by molar-refractivity contribution is 5.76. The molecule has 0 aromatic rings. The fourth-order valence-electron chi connectivity index (χ4n) is 2.14. The number of rotatable bonds is 5. The summed E-state index contributed by atoms with van der Waals surface area (Å²) in [5, 5.41) is 59.0. The molecule has 0 spiro atoms. The van der Waals surface area contributed by atoms with Gasteiger partial charge in [-0.25, -0.2) is 4.79 Å². The van der Waals surface area contributed by atoms with Crippen LogP contribution in [-0.2, 0) is 14.3 Å². The molecule has 122 valence electrons. The summed E-state index contributed by atoms with van der Waals surface area (Å²) in [5.41, 5.74) is 0. The predicted octanol–water partition coefficient (Wildman–Crippen LogP) is -3.87. The van der Waals surface area contributed by atoms with Crippen LogP contribution in [-0.4, -0.2) is 85.4 Å². The maximum atomic E-state index is 11.1. The van der Waals surface area contributed by atoms with E-state index in [4.69, 9.17) is 14.9 Å². The highest BCUT2D eigenvalue weighted by Gasteiger charge is 2.53. The fraction of sp³-hybridized carbons (Fsp3) is 0.818. The van der Waals surface area contributed by atoms with Gasteiger partial charge in [0.25, 0.3) is 5.79 Å². The monoisotopic (exact) mass is 309 g/mol. The molecule has 10 nitrogen and oxygen atoms in total. The molecule has 0 bridgehead atoms. The number of nitrogens with one attached hydrogen (secondary N) is 1. The molecule has 0 radical (unpaired) electrons. The first-order valence-corrected chi connectivity index (χ1v) is 6.18. The molecule has 0 aromatic heterocycles. The smallest absolute Gasteiger partial charge is 0.364 e. The number of carboxylic acid groups (broad SMARTS) is 1. The van der Waals surface area contributed by atoms with E-state index < -0.39 is 61.1 Å². The molecular weight excluding hydrogens is 290 g/mol. The lowest BCUT2D eigenvalue weighted by Gasteiger charge is -2.44. The van der Waals surface area contributed by atoms with Crippen molar-refractivity contribution in [1.29, 1.82) is 0 Å². The van der Waals surface area contributed by atoms with Gasteiger partial charge >= 0.3 is 5.97 Å². The van der Waals surface area contributed by atoms with Gasteiger partial charge in [0, 0.05) is 13.3 Å². The first-order valence-electron chi connectivity index (χ1n) is 6.18. The van der Waals surface area contributed by atoms with Gasteiger partial charge in [-0.2, -0.15) is 0 Å². The van der Waals surface area contributed by atoms with Crippen molar-refractivity contribution in [1.82, 2.24) is 5.32 Å². The first-order chi connectivity index (χ1) is 9.62. The second-order valence-electron chi connectivity index (χ2n) is 4.91. The van der Waals surface area contributed by atoms with E-state index in [-0.39, 0.29) is 0 Å². The molecule has 0 saturated carbocycles. The van der Waals surface area contributed by atoms with Crippen molar-refractivity contribution >= 4 is 11.9 Å². The highest BCUT2D eigenvalue weighted by atomic mass is 16.7. The van der Waals surface area contributed by atoms with Crippen LogP contribution in [0.15, 0.2) is 0 Å². The Labute approximate surface area is 119 Å². The zero-order chi connectivity index (χ0) is 16.4. The Morgan fingerprint density at radius 1 is 1.43 bits per heavy atom. The Morgan fingerprint density at radius 3 is 2.43 bits per heavy atom. The summed E-state index contributed by atoms with van der Waals surface area (Å²) in [5.74, 6) is -5.17. The average Bonchev–Trinajstić information content (AvgIpc) is 2.39. The average molecular weight is 309 g/mol. The molecule has 0 aromatic carbocycles. The molecule has 1 amide bonds. The third kappa shape index (κ3) is 3.87. The van der Waals surface area contributed by atoms with E-state index in [1.807, 2.05) is 0 Å². The van der Waals surface area contributed by atoms with Gasteiger partial charge in [0.2, 0.25) is 5.91 Å². The molecular formula is C11H19NO9. The minimum Gasteiger partial charge on any atom is -0.477 e. The van der Waals surface area contributed by atoms with Crippen molar-refractivity contribution in [2.24, 2.45) is 0 Å². The quantitative estimate of drug-likeness (QED) is 0.268. The lowest BCUT2D eigenvalue weighted by Crippen LogP contribution is -2.67. The van der Waals surface area contributed by atoms with E-state index in [0.29, 0.717) is 0 Å². The van der Waals surface area contributed by atoms with E-state index in [0.717, 1.165) is 6.92 Å². The van der Waals surface area contributed by atoms with Gasteiger partial charge in [-0.05, 0) is 0 Å². The van der Waals surface area contributed by atoms with Crippen LogP contribution in [0.5, 0.6) is 0 Å². The van der Waals surface area contributed by atoms with Crippen LogP contribution in [0.2, 0.25) is 0 Å². The minimum atomic E-state index is -2.78. The first kappa shape index (κ1) is 17.8. The Morgan fingerprint density at radius 2 is 2.00 bits per heavy atom. The van der Waals surface area contributed by atoms with Crippen molar-refractivity contribution in [2.75, 3.05) is 6.61 Å². The molecule has 1 fully saturated rings. The van der Waals surface area contributed by atoms with Crippen molar-refractivity contribution < 1.29 is 45.0 Å². The van der Waals surface area contributed by atoms with Gasteiger partial charge < -0.3 is 40.7 Å². The number of aliphatic carboxylic acids is 1. The lowest BCUT2D eigenvalue weighted by atomic mass is 9.88. The SMILES string of the molecule is CC(=O)N[C@H]1C([C@H](O)[C@H](O)CO)O[C@@](O)(C(=O)O)C[C@@H]1O. The maximum Gasteiger partial charge on any atom is 0.364 e. The van der Waals surface area contributed by atoms with Crippen molar-refractivity contribution in [3.8, 4) is 0 Å². The Bertz CT molecular complexity index is 403. The van der Waals surface area contributed by atoms with Gasteiger partial charge in [-0.15, -0.1) is 0 Å². The molecule has 1 saturated heterocycles. The summed E-state index contributed by atoms with van der Waals surface area (Å²) in [4.78, 5) is 22.1. The standard InChI is InChI=1S/C11H19NO9/c1-4(14)12-7-5(15)2-11(20,10(18)19)21-9(7)8(17)6(16)3-13/h5-9,13,15-17,20H,2-3H2,1H3,(H,12,14)(H,18,19)/t5-,6+,7+,8+,9?,11+/m0/s1. The molecule has 6 atom stereocenters. The van der Waals surface area contributed by atoms with Crippen LogP contribution < -0.4 is 5.32 Å². The number of aliphatic hydroxyl groups excluding tert-OH is 4. The number of amides is 1. The van der Waals surface area contributed by atoms with E-state index >= 15 is 0 Å². The van der Waals surface area contributed by atoms with Gasteiger partial charge in [0.05, 0.1) is 18.8 Å². The van der Waals surface area contributed by atoms with E-state index in [9.17, 15) is 30.0 Å². The number of aliphatic hydroxyl groups is 5. The minimum absolute atomic E-state index is 0.598. The molecule has 21 heavy (non-hydrogen) atoms. The molecule has 1 unspecified atom stereocenters. The number of carbonyl (C=O) groups excluding carboxylic acids is 1. The van der Waals surface area contributed by atoms with Crippen molar-refractivity contribution in [3.05, 3.63) is 0 Å². The number of hydrogen-bond acceptors (Lipinski definition) is 8. The summed E-state index contributed by atoms with van der Waals surface area (Å²) in [6, 6.07) is -1.27. The summed E-state index contributed by atoms with van der Waals surface area (Å²) >= 11 is 0. The topological polar surface area (TPSA) is 177 Å². The van der Waals surface area contributed by atoms with Crippen LogP contribution in [0, 0.1) is 0 Å². The van der Waals surface area contributed by atoms with Crippen LogP contribution >= 0.6 is 0 Å². The number of hydrogen-bond donors (Lipinski definition) is 7. The third-order valence-corrected chi connectivity index (χ3v) is 3.21. The Balaban J connectivity index is 3.07. The zero-order valence-electron chi connectivity index (χ0n) is 11.2. The highest BCUT2D eigenvalue weighted by Crippen LogP contribution is 2.30. The van der Waals surface area contributed by atoms with Gasteiger partial charge in [-0.1, -0.05) is 0 Å². The van der Waals surface area contributed by atoms with E-state index in [1.54, 1.807) is 0 Å². The molecule has 1 rings (SSSR count). The molecule has 7 N–H and O–H groups in total. The van der Waals surface area contributed by atoms with Crippen LogP contribution in [0.25, 0.3) is 0 Å². The molecule has 10 heteroatoms. The maximum absolute atomic E-state index is 11.1. The Hall–Kier alpha value is -1.30. The Kier molecular flexibility index (Phi) is 5.61. The predicted molar refractivity (Wildman–Crippen MR) is 64.8 cm³/mol. The number of ether oxygens (including phenoxy) is 1. The van der Waals surface area contributed by atoms with E-state index in [1.165, 1.54) is 0 Å². The zero-order valence-corrected chi connectivity index (χ0v) is 11.2. The summed E-state index contributed by atoms with van der Waals surface area (Å²) in [6.45, 7) is 0.256. The summed E-state index contributed by atoms with van der Waals surface area (Å²) in [7, 11) is 0. The van der Waals surface area contributed by atoms with Crippen LogP contribution in [0.1, 0.15) is 13.3 Å². The van der Waals surface area contributed by atoms with Gasteiger partial charge in [0.15, 0.2) is 0 Å². The second-order valence-corrected chi connectivity index (χ2v) is 4.91. The summed E-state index contributed by atoms with van der Waals surface area (Å²) in [6.07, 6.45) is -7.48. The normalized spacial score (nSPS) is 35.8. The van der Waals surface area contributed by atoms with Crippen LogP contribution in [0.4, 0.5) is 0 Å². The van der Waals surface area contributed by atoms with Crippen molar-refractivity contribution in [3.63, 3.8) is 0 Å². The summed E-state index contributed by atoms with van der Waals surface area (Å²) < 4.78 is 4.86. The fourth-order valence-corrected chi connectivity index (χ4v) is 2.14. The second kappa shape index (κ2) is 6.64. The molecule has 1 aliphatic rings. The van der Waals surface area contributed by atoms with Gasteiger partial charge in [0.1, 0.15) is 18.3 Å². The van der Waals surface area contributed by atoms with E-state index in [2.05, 4.69) is 5.32 Å². The van der Waals surface area contributed by atoms with Crippen molar-refractivity contribution in [2.45, 2.75) is 49.6 Å². The third-order valence-electron chi connectivity index (χ3n) is 3.21. The largest absolute Gasteiger partial charge is 0.477 e. The van der Waals surface area contributed by atoms with Gasteiger partial charge in [-0.3, -0.25) is 4.79 Å². The molecule has 0 aliphatic carbocycles. The molecule has 1 aliphatic heterocycles. The lowest BCUT2D eigenvalue weighted by molar-refractivity contribution is -0.295. The van der Waals surface area contributed by atoms with Crippen LogP contribution in [0.3, 0.4) is 0 Å². The molecule has 1 heterocycles. The number of carboxylic acids is 1.